The van der Waals surface area contributed by atoms with Gasteiger partial charge in [-0.05, 0) is 30.7 Å². The molecule has 2 heterocycles. The summed E-state index contributed by atoms with van der Waals surface area (Å²) in [6, 6.07) is 11.6. The van der Waals surface area contributed by atoms with Gasteiger partial charge in [-0.25, -0.2) is 4.98 Å². The summed E-state index contributed by atoms with van der Waals surface area (Å²) in [6.45, 7) is 2.04. The molecule has 0 bridgehead atoms. The highest BCUT2D eigenvalue weighted by Crippen LogP contribution is 2.29. The molecule has 0 fully saturated rings. The molecule has 0 N–H and O–H groups in total. The van der Waals surface area contributed by atoms with Crippen molar-refractivity contribution >= 4 is 49.0 Å². The smallest absolute Gasteiger partial charge is 0.308 e. The van der Waals surface area contributed by atoms with E-state index in [1.807, 2.05) is 54.9 Å². The fourth-order valence-electron chi connectivity index (χ4n) is 2.72. The maximum absolute atomic E-state index is 12.6. The maximum Gasteiger partial charge on any atom is 0.308 e. The van der Waals surface area contributed by atoms with Crippen molar-refractivity contribution in [2.75, 3.05) is 7.11 Å². The summed E-state index contributed by atoms with van der Waals surface area (Å²) in [5.74, 6) is 0.452. The summed E-state index contributed by atoms with van der Waals surface area (Å²) >= 11 is 2.85. The average molecular weight is 369 g/mol. The molecule has 126 valence electrons. The molecule has 2 aromatic carbocycles. The first-order chi connectivity index (χ1) is 12.1. The molecule has 4 aromatic rings. The zero-order valence-electron chi connectivity index (χ0n) is 13.9. The van der Waals surface area contributed by atoms with Crippen LogP contribution in [0.1, 0.15) is 15.4 Å². The molecule has 0 saturated heterocycles. The molecule has 0 aliphatic rings. The molecule has 25 heavy (non-hydrogen) atoms. The Hall–Kier alpha value is -2.51. The highest BCUT2D eigenvalue weighted by molar-refractivity contribution is 7.20. The molecule has 0 atom stereocenters. The van der Waals surface area contributed by atoms with Gasteiger partial charge in [-0.3, -0.25) is 4.79 Å². The lowest BCUT2D eigenvalue weighted by atomic mass is 10.2. The Labute approximate surface area is 151 Å². The number of hydrogen-bond acceptors (Lipinski definition) is 5. The number of carbonyl (C=O) groups excluding carboxylic acids is 1. The third-order valence-electron chi connectivity index (χ3n) is 4.00. The van der Waals surface area contributed by atoms with E-state index in [1.54, 1.807) is 7.11 Å². The molecule has 0 spiro atoms. The van der Waals surface area contributed by atoms with Crippen LogP contribution in [-0.4, -0.2) is 22.6 Å². The molecule has 5 nitrogen and oxygen atoms in total. The Morgan fingerprint density at radius 2 is 2.00 bits per heavy atom. The molecular weight excluding hydrogens is 354 g/mol. The van der Waals surface area contributed by atoms with Crippen LogP contribution in [0.2, 0.25) is 0 Å². The van der Waals surface area contributed by atoms with Crippen LogP contribution in [0, 0.1) is 6.92 Å². The van der Waals surface area contributed by atoms with E-state index in [0.717, 1.165) is 31.7 Å². The maximum atomic E-state index is 12.6. The number of fused-ring (bicyclic) bond motifs is 2. The zero-order valence-corrected chi connectivity index (χ0v) is 15.6. The number of amides is 1. The molecule has 7 heteroatoms. The predicted molar refractivity (Wildman–Crippen MR) is 102 cm³/mol. The van der Waals surface area contributed by atoms with E-state index in [0.29, 0.717) is 9.81 Å². The lowest BCUT2D eigenvalue weighted by Crippen LogP contribution is -2.13. The highest BCUT2D eigenvalue weighted by atomic mass is 32.1. The van der Waals surface area contributed by atoms with Gasteiger partial charge in [-0.2, -0.15) is 4.99 Å². The molecule has 0 saturated carbocycles. The summed E-state index contributed by atoms with van der Waals surface area (Å²) in [5.41, 5.74) is 2.90. The largest absolute Gasteiger partial charge is 0.495 e. The number of carbonyl (C=O) groups is 1. The van der Waals surface area contributed by atoms with Crippen molar-refractivity contribution in [1.82, 2.24) is 9.55 Å². The standard InChI is InChI=1S/C18H15N3O2S2/c1-10-8-9-12(23-3)14-15(10)25-18(21(14)2)20-16(22)17-19-11-6-4-5-7-13(11)24-17/h4-9H,1-3H3. The number of para-hydroxylation sites is 1. The minimum Gasteiger partial charge on any atom is -0.495 e. The molecule has 1 amide bonds. The van der Waals surface area contributed by atoms with Crippen LogP contribution in [0.15, 0.2) is 41.4 Å². The lowest BCUT2D eigenvalue weighted by Gasteiger charge is -2.05. The van der Waals surface area contributed by atoms with E-state index < -0.39 is 0 Å². The number of aromatic nitrogens is 2. The number of rotatable bonds is 2. The first-order valence-corrected chi connectivity index (χ1v) is 9.29. The molecule has 0 aliphatic carbocycles. The van der Waals surface area contributed by atoms with Crippen molar-refractivity contribution < 1.29 is 9.53 Å². The van der Waals surface area contributed by atoms with E-state index in [9.17, 15) is 4.79 Å². The van der Waals surface area contributed by atoms with Gasteiger partial charge >= 0.3 is 5.91 Å². The quantitative estimate of drug-likeness (QED) is 0.538. The van der Waals surface area contributed by atoms with Gasteiger partial charge in [0.15, 0.2) is 9.81 Å². The Kier molecular flexibility index (Phi) is 3.89. The summed E-state index contributed by atoms with van der Waals surface area (Å²) in [5, 5.41) is 0.405. The summed E-state index contributed by atoms with van der Waals surface area (Å²) in [4.78, 5) is 21.9. The predicted octanol–water partition coefficient (Wildman–Crippen LogP) is 3.91. The summed E-state index contributed by atoms with van der Waals surface area (Å²) in [7, 11) is 3.54. The van der Waals surface area contributed by atoms with Crippen LogP contribution >= 0.6 is 22.7 Å². The first kappa shape index (κ1) is 16.0. The molecular formula is C18H15N3O2S2. The van der Waals surface area contributed by atoms with Gasteiger partial charge in [0.2, 0.25) is 0 Å². The van der Waals surface area contributed by atoms with Crippen molar-refractivity contribution in [3.8, 4) is 5.75 Å². The van der Waals surface area contributed by atoms with E-state index in [2.05, 4.69) is 9.98 Å². The van der Waals surface area contributed by atoms with Crippen LogP contribution in [0.3, 0.4) is 0 Å². The molecule has 2 aromatic heterocycles. The topological polar surface area (TPSA) is 56.5 Å². The third kappa shape index (κ3) is 2.65. The average Bonchev–Trinajstić information content (AvgIpc) is 3.19. The lowest BCUT2D eigenvalue weighted by molar-refractivity contribution is 0.0998. The number of thiazole rings is 2. The second-order valence-corrected chi connectivity index (χ2v) is 7.62. The Balaban J connectivity index is 1.87. The second-order valence-electron chi connectivity index (χ2n) is 5.61. The fourth-order valence-corrected chi connectivity index (χ4v) is 4.67. The Morgan fingerprint density at radius 1 is 1.20 bits per heavy atom. The van der Waals surface area contributed by atoms with Crippen LogP contribution in [0.5, 0.6) is 5.75 Å². The number of benzene rings is 2. The molecule has 0 aliphatic heterocycles. The molecule has 0 radical (unpaired) electrons. The van der Waals surface area contributed by atoms with Gasteiger partial charge in [-0.15, -0.1) is 11.3 Å². The van der Waals surface area contributed by atoms with E-state index >= 15 is 0 Å². The number of nitrogens with zero attached hydrogens (tertiary/aromatic N) is 3. The number of aryl methyl sites for hydroxylation is 2. The number of methoxy groups -OCH3 is 1. The van der Waals surface area contributed by atoms with Gasteiger partial charge < -0.3 is 9.30 Å². The Bertz CT molecular complexity index is 1150. The van der Waals surface area contributed by atoms with Crippen LogP contribution in [-0.2, 0) is 7.05 Å². The van der Waals surface area contributed by atoms with Gasteiger partial charge in [0.1, 0.15) is 11.3 Å². The second kappa shape index (κ2) is 6.09. The summed E-state index contributed by atoms with van der Waals surface area (Å²) in [6.07, 6.45) is 0. The fraction of sp³-hybridized carbons (Fsp3) is 0.167. The molecule has 0 unspecified atom stereocenters. The first-order valence-electron chi connectivity index (χ1n) is 7.66. The van der Waals surface area contributed by atoms with Gasteiger partial charge in [0, 0.05) is 7.05 Å². The van der Waals surface area contributed by atoms with Crippen molar-refractivity contribution in [3.05, 3.63) is 51.8 Å². The van der Waals surface area contributed by atoms with E-state index in [1.165, 1.54) is 22.7 Å². The van der Waals surface area contributed by atoms with Crippen LogP contribution in [0.4, 0.5) is 0 Å². The van der Waals surface area contributed by atoms with Crippen molar-refractivity contribution in [3.63, 3.8) is 0 Å². The third-order valence-corrected chi connectivity index (χ3v) is 6.29. The molecule has 4 rings (SSSR count). The van der Waals surface area contributed by atoms with Crippen molar-refractivity contribution in [1.29, 1.82) is 0 Å². The van der Waals surface area contributed by atoms with Gasteiger partial charge in [0.25, 0.3) is 0 Å². The van der Waals surface area contributed by atoms with Crippen molar-refractivity contribution in [2.45, 2.75) is 6.92 Å². The highest BCUT2D eigenvalue weighted by Gasteiger charge is 2.14. The normalized spacial score (nSPS) is 12.2. The SMILES string of the molecule is COc1ccc(C)c2sc(=NC(=O)c3nc4ccccc4s3)n(C)c12. The Morgan fingerprint density at radius 3 is 2.76 bits per heavy atom. The minimum atomic E-state index is -0.319. The van der Waals surface area contributed by atoms with Gasteiger partial charge in [-0.1, -0.05) is 29.5 Å². The minimum absolute atomic E-state index is 0.319. The number of hydrogen-bond donors (Lipinski definition) is 0. The monoisotopic (exact) mass is 369 g/mol. The van der Waals surface area contributed by atoms with E-state index in [4.69, 9.17) is 4.74 Å². The van der Waals surface area contributed by atoms with Gasteiger partial charge in [0.05, 0.1) is 22.0 Å². The van der Waals surface area contributed by atoms with Crippen molar-refractivity contribution in [2.24, 2.45) is 12.0 Å². The summed E-state index contributed by atoms with van der Waals surface area (Å²) < 4.78 is 9.41. The number of ether oxygens (including phenoxy) is 1. The van der Waals surface area contributed by atoms with Crippen LogP contribution < -0.4 is 9.54 Å². The van der Waals surface area contributed by atoms with Crippen LogP contribution in [0.25, 0.3) is 20.4 Å². The van der Waals surface area contributed by atoms with E-state index in [-0.39, 0.29) is 5.91 Å². The zero-order chi connectivity index (χ0) is 17.6.